The quantitative estimate of drug-likeness (QED) is 0.395. The number of carboxylic acid groups (broad SMARTS) is 1. The van der Waals surface area contributed by atoms with E-state index in [1.807, 2.05) is 45.0 Å². The van der Waals surface area contributed by atoms with Gasteiger partial charge in [-0.05, 0) is 55.5 Å². The zero-order valence-corrected chi connectivity index (χ0v) is 20.1. The van der Waals surface area contributed by atoms with Crippen LogP contribution in [-0.2, 0) is 16.4 Å². The molecule has 0 radical (unpaired) electrons. The summed E-state index contributed by atoms with van der Waals surface area (Å²) in [5.41, 5.74) is 2.83. The molecular formula is C24H32N2O6S. The van der Waals surface area contributed by atoms with Crippen LogP contribution in [0.25, 0.3) is 11.1 Å². The van der Waals surface area contributed by atoms with Crippen LogP contribution in [0, 0.1) is 0 Å². The van der Waals surface area contributed by atoms with Crippen LogP contribution in [0.5, 0.6) is 5.75 Å². The first-order valence-electron chi connectivity index (χ1n) is 11.0. The molecule has 180 valence electrons. The Hall–Kier alpha value is -3.07. The smallest absolute Gasteiger partial charge is 0.404 e. The summed E-state index contributed by atoms with van der Waals surface area (Å²) in [6, 6.07) is 12.7. The number of rotatable bonds is 12. The number of hydrogen-bond acceptors (Lipinski definition) is 5. The van der Waals surface area contributed by atoms with Crippen LogP contribution in [0.15, 0.2) is 42.5 Å². The van der Waals surface area contributed by atoms with E-state index in [2.05, 4.69) is 10.0 Å². The van der Waals surface area contributed by atoms with E-state index in [0.717, 1.165) is 29.5 Å². The molecular weight excluding hydrogens is 444 g/mol. The van der Waals surface area contributed by atoms with Crippen LogP contribution in [0.2, 0.25) is 0 Å². The fourth-order valence-electron chi connectivity index (χ4n) is 3.21. The van der Waals surface area contributed by atoms with E-state index in [-0.39, 0.29) is 17.4 Å². The van der Waals surface area contributed by atoms with Crippen molar-refractivity contribution in [3.63, 3.8) is 0 Å². The highest BCUT2D eigenvalue weighted by Crippen LogP contribution is 2.29. The van der Waals surface area contributed by atoms with Crippen LogP contribution < -0.4 is 14.8 Å². The summed E-state index contributed by atoms with van der Waals surface area (Å²) >= 11 is 0. The lowest BCUT2D eigenvalue weighted by Crippen LogP contribution is -2.33. The molecule has 0 heterocycles. The SMILES string of the molecule is CCCCCS(=O)(=O)NC(=O)c1ccc(-c2ccc(CCNC(=O)O)cc2)cc1OC(C)C. The molecule has 8 nitrogen and oxygen atoms in total. The molecule has 9 heteroatoms. The van der Waals surface area contributed by atoms with Gasteiger partial charge in [-0.3, -0.25) is 4.79 Å². The summed E-state index contributed by atoms with van der Waals surface area (Å²) in [4.78, 5) is 23.3. The summed E-state index contributed by atoms with van der Waals surface area (Å²) < 4.78 is 32.5. The molecule has 2 aromatic carbocycles. The van der Waals surface area contributed by atoms with Gasteiger partial charge in [0.15, 0.2) is 0 Å². The lowest BCUT2D eigenvalue weighted by Gasteiger charge is -2.16. The third-order valence-corrected chi connectivity index (χ3v) is 6.15. The number of carbonyl (C=O) groups is 2. The Labute approximate surface area is 195 Å². The van der Waals surface area contributed by atoms with Gasteiger partial charge in [0.1, 0.15) is 5.75 Å². The number of amides is 2. The van der Waals surface area contributed by atoms with E-state index >= 15 is 0 Å². The number of sulfonamides is 1. The Morgan fingerprint density at radius 3 is 2.30 bits per heavy atom. The van der Waals surface area contributed by atoms with Gasteiger partial charge >= 0.3 is 6.09 Å². The molecule has 0 aromatic heterocycles. The molecule has 0 aliphatic carbocycles. The van der Waals surface area contributed by atoms with Crippen LogP contribution in [0.3, 0.4) is 0 Å². The lowest BCUT2D eigenvalue weighted by molar-refractivity contribution is 0.0975. The minimum Gasteiger partial charge on any atom is -0.490 e. The second-order valence-corrected chi connectivity index (χ2v) is 9.86. The first-order valence-corrected chi connectivity index (χ1v) is 12.7. The fraction of sp³-hybridized carbons (Fsp3) is 0.417. The highest BCUT2D eigenvalue weighted by Gasteiger charge is 2.20. The topological polar surface area (TPSA) is 122 Å². The van der Waals surface area contributed by atoms with Crippen LogP contribution in [-0.4, -0.2) is 43.9 Å². The first kappa shape index (κ1) is 26.2. The van der Waals surface area contributed by atoms with Crippen molar-refractivity contribution in [2.24, 2.45) is 0 Å². The second kappa shape index (κ2) is 12.2. The Kier molecular flexibility index (Phi) is 9.72. The Balaban J connectivity index is 2.21. The Morgan fingerprint density at radius 1 is 1.03 bits per heavy atom. The molecule has 2 amide bonds. The van der Waals surface area contributed by atoms with Crippen molar-refractivity contribution >= 4 is 22.0 Å². The monoisotopic (exact) mass is 476 g/mol. The van der Waals surface area contributed by atoms with E-state index in [1.54, 1.807) is 18.2 Å². The number of unbranched alkanes of at least 4 members (excludes halogenated alkanes) is 2. The molecule has 0 saturated carbocycles. The third-order valence-electron chi connectivity index (χ3n) is 4.83. The first-order chi connectivity index (χ1) is 15.6. The van der Waals surface area contributed by atoms with Gasteiger partial charge in [-0.25, -0.2) is 17.9 Å². The number of ether oxygens (including phenoxy) is 1. The highest BCUT2D eigenvalue weighted by molar-refractivity contribution is 7.90. The van der Waals surface area contributed by atoms with Crippen molar-refractivity contribution in [2.75, 3.05) is 12.3 Å². The number of nitrogens with one attached hydrogen (secondary N) is 2. The maximum absolute atomic E-state index is 12.7. The lowest BCUT2D eigenvalue weighted by atomic mass is 10.0. The van der Waals surface area contributed by atoms with Gasteiger partial charge < -0.3 is 15.2 Å². The third kappa shape index (κ3) is 8.76. The van der Waals surface area contributed by atoms with E-state index in [1.165, 1.54) is 0 Å². The summed E-state index contributed by atoms with van der Waals surface area (Å²) in [7, 11) is -3.72. The minimum absolute atomic E-state index is 0.0978. The predicted octanol–water partition coefficient (Wildman–Crippen LogP) is 4.20. The zero-order valence-electron chi connectivity index (χ0n) is 19.3. The van der Waals surface area contributed by atoms with Crippen molar-refractivity contribution in [1.82, 2.24) is 10.0 Å². The summed E-state index contributed by atoms with van der Waals surface area (Å²) in [6.07, 6.45) is 1.47. The van der Waals surface area contributed by atoms with E-state index in [0.29, 0.717) is 25.1 Å². The molecule has 0 saturated heterocycles. The van der Waals surface area contributed by atoms with E-state index < -0.39 is 22.0 Å². The average molecular weight is 477 g/mol. The summed E-state index contributed by atoms with van der Waals surface area (Å²) in [6.45, 7) is 5.96. The molecule has 0 unspecified atom stereocenters. The average Bonchev–Trinajstić information content (AvgIpc) is 2.73. The minimum atomic E-state index is -3.72. The van der Waals surface area contributed by atoms with Gasteiger partial charge in [0.25, 0.3) is 5.91 Å². The summed E-state index contributed by atoms with van der Waals surface area (Å²) in [5, 5.41) is 11.0. The molecule has 0 spiro atoms. The number of carbonyl (C=O) groups excluding carboxylic acids is 1. The van der Waals surface area contributed by atoms with Crippen molar-refractivity contribution in [1.29, 1.82) is 0 Å². The second-order valence-electron chi connectivity index (χ2n) is 8.01. The van der Waals surface area contributed by atoms with Gasteiger partial charge in [-0.2, -0.15) is 0 Å². The molecule has 3 N–H and O–H groups in total. The normalized spacial score (nSPS) is 11.3. The number of hydrogen-bond donors (Lipinski definition) is 3. The fourth-order valence-corrected chi connectivity index (χ4v) is 4.29. The highest BCUT2D eigenvalue weighted by atomic mass is 32.2. The Bertz CT molecular complexity index is 1050. The molecule has 0 fully saturated rings. The molecule has 0 aliphatic rings. The van der Waals surface area contributed by atoms with E-state index in [9.17, 15) is 18.0 Å². The van der Waals surface area contributed by atoms with Gasteiger partial charge in [0.2, 0.25) is 10.0 Å². The predicted molar refractivity (Wildman–Crippen MR) is 128 cm³/mol. The number of benzene rings is 2. The molecule has 2 rings (SSSR count). The van der Waals surface area contributed by atoms with Crippen LogP contribution >= 0.6 is 0 Å². The maximum atomic E-state index is 12.7. The molecule has 2 aromatic rings. The van der Waals surface area contributed by atoms with Gasteiger partial charge in [-0.1, -0.05) is 50.1 Å². The standard InChI is InChI=1S/C24H32N2O6S/c1-4-5-6-15-33(30,31)26-23(27)21-12-11-20(16-22(21)32-17(2)3)19-9-7-18(8-10-19)13-14-25-24(28)29/h7-12,16-17,25H,4-6,13-15H2,1-3H3,(H,26,27)(H,28,29). The molecule has 0 atom stereocenters. The maximum Gasteiger partial charge on any atom is 0.404 e. The van der Waals surface area contributed by atoms with Crippen molar-refractivity contribution in [3.05, 3.63) is 53.6 Å². The van der Waals surface area contributed by atoms with Crippen LogP contribution in [0.1, 0.15) is 56.0 Å². The molecule has 0 aliphatic heterocycles. The largest absolute Gasteiger partial charge is 0.490 e. The van der Waals surface area contributed by atoms with Crippen molar-refractivity contribution in [2.45, 2.75) is 52.6 Å². The zero-order chi connectivity index (χ0) is 24.4. The van der Waals surface area contributed by atoms with Crippen molar-refractivity contribution < 1.29 is 27.9 Å². The van der Waals surface area contributed by atoms with Gasteiger partial charge in [-0.15, -0.1) is 0 Å². The Morgan fingerprint density at radius 2 is 1.70 bits per heavy atom. The summed E-state index contributed by atoms with van der Waals surface area (Å²) in [5.74, 6) is -0.507. The van der Waals surface area contributed by atoms with Gasteiger partial charge in [0.05, 0.1) is 17.4 Å². The van der Waals surface area contributed by atoms with Gasteiger partial charge in [0, 0.05) is 6.54 Å². The van der Waals surface area contributed by atoms with Crippen LogP contribution in [0.4, 0.5) is 4.79 Å². The van der Waals surface area contributed by atoms with Crippen molar-refractivity contribution in [3.8, 4) is 16.9 Å². The molecule has 33 heavy (non-hydrogen) atoms. The molecule has 0 bridgehead atoms. The van der Waals surface area contributed by atoms with E-state index in [4.69, 9.17) is 9.84 Å².